The van der Waals surface area contributed by atoms with Crippen LogP contribution in [0.1, 0.15) is 45.4 Å². The zero-order valence-corrected chi connectivity index (χ0v) is 10.5. The minimum absolute atomic E-state index is 0.0957. The molecular weight excluding hydrogens is 220 g/mol. The van der Waals surface area contributed by atoms with E-state index in [4.69, 9.17) is 4.74 Å². The molecule has 0 aromatic heterocycles. The Bertz CT molecular complexity index is 250. The molecule has 2 N–H and O–H groups in total. The summed E-state index contributed by atoms with van der Waals surface area (Å²) < 4.78 is 5.05. The van der Waals surface area contributed by atoms with Crippen LogP contribution in [-0.2, 0) is 14.3 Å². The Morgan fingerprint density at radius 3 is 2.47 bits per heavy atom. The second-order valence-corrected chi connectivity index (χ2v) is 4.40. The second kappa shape index (κ2) is 8.06. The fourth-order valence-electron chi connectivity index (χ4n) is 2.04. The van der Waals surface area contributed by atoms with Crippen LogP contribution in [0.25, 0.3) is 0 Å². The molecule has 0 heterocycles. The van der Waals surface area contributed by atoms with Crippen LogP contribution in [0.2, 0.25) is 0 Å². The number of hydrogen-bond acceptors (Lipinski definition) is 3. The molecule has 0 atom stereocenters. The van der Waals surface area contributed by atoms with Crippen molar-refractivity contribution in [2.45, 2.75) is 45.4 Å². The Kier molecular flexibility index (Phi) is 6.62. The van der Waals surface area contributed by atoms with Crippen molar-refractivity contribution in [1.82, 2.24) is 10.9 Å². The predicted molar refractivity (Wildman–Crippen MR) is 64.0 cm³/mol. The minimum atomic E-state index is -0.210. The Balaban J connectivity index is 2.04. The zero-order valence-electron chi connectivity index (χ0n) is 10.5. The van der Waals surface area contributed by atoms with Gasteiger partial charge in [-0.15, -0.1) is 0 Å². The number of hydrazine groups is 1. The molecule has 1 rings (SSSR count). The lowest BCUT2D eigenvalue weighted by Crippen LogP contribution is -2.42. The molecule has 0 aliphatic heterocycles. The highest BCUT2D eigenvalue weighted by molar-refractivity contribution is 5.82. The van der Waals surface area contributed by atoms with Gasteiger partial charge in [-0.1, -0.05) is 12.8 Å². The third-order valence-corrected chi connectivity index (χ3v) is 2.97. The van der Waals surface area contributed by atoms with E-state index in [0.29, 0.717) is 25.6 Å². The molecule has 0 radical (unpaired) electrons. The molecule has 17 heavy (non-hydrogen) atoms. The number of rotatable bonds is 6. The molecule has 1 aliphatic carbocycles. The summed E-state index contributed by atoms with van der Waals surface area (Å²) in [4.78, 5) is 22.7. The van der Waals surface area contributed by atoms with Crippen molar-refractivity contribution in [1.29, 1.82) is 0 Å². The van der Waals surface area contributed by atoms with E-state index in [1.54, 1.807) is 0 Å². The van der Waals surface area contributed by atoms with Gasteiger partial charge in [0, 0.05) is 13.0 Å². The SMILES string of the molecule is CCOCCC(=O)NNC(=O)CC1CCCC1. The first-order valence-corrected chi connectivity index (χ1v) is 6.37. The van der Waals surface area contributed by atoms with E-state index in [-0.39, 0.29) is 18.2 Å². The van der Waals surface area contributed by atoms with Gasteiger partial charge >= 0.3 is 0 Å². The monoisotopic (exact) mass is 242 g/mol. The van der Waals surface area contributed by atoms with Gasteiger partial charge in [0.05, 0.1) is 13.0 Å². The molecule has 0 unspecified atom stereocenters. The molecule has 5 heteroatoms. The van der Waals surface area contributed by atoms with Crippen LogP contribution in [0.5, 0.6) is 0 Å². The van der Waals surface area contributed by atoms with E-state index in [0.717, 1.165) is 12.8 Å². The van der Waals surface area contributed by atoms with Crippen LogP contribution in [0, 0.1) is 5.92 Å². The third kappa shape index (κ3) is 6.26. The summed E-state index contributed by atoms with van der Waals surface area (Å²) >= 11 is 0. The Morgan fingerprint density at radius 2 is 1.82 bits per heavy atom. The summed E-state index contributed by atoms with van der Waals surface area (Å²) in [6.45, 7) is 2.86. The van der Waals surface area contributed by atoms with Gasteiger partial charge in [-0.2, -0.15) is 0 Å². The van der Waals surface area contributed by atoms with Crippen molar-refractivity contribution in [3.8, 4) is 0 Å². The Labute approximate surface area is 102 Å². The highest BCUT2D eigenvalue weighted by Crippen LogP contribution is 2.27. The lowest BCUT2D eigenvalue weighted by Gasteiger charge is -2.10. The van der Waals surface area contributed by atoms with E-state index in [1.165, 1.54) is 12.8 Å². The molecule has 5 nitrogen and oxygen atoms in total. The molecule has 0 bridgehead atoms. The fraction of sp³-hybridized carbons (Fsp3) is 0.833. The van der Waals surface area contributed by atoms with Gasteiger partial charge in [-0.05, 0) is 25.7 Å². The average molecular weight is 242 g/mol. The van der Waals surface area contributed by atoms with E-state index in [2.05, 4.69) is 10.9 Å². The topological polar surface area (TPSA) is 67.4 Å². The Morgan fingerprint density at radius 1 is 1.18 bits per heavy atom. The highest BCUT2D eigenvalue weighted by Gasteiger charge is 2.18. The van der Waals surface area contributed by atoms with E-state index in [9.17, 15) is 9.59 Å². The van der Waals surface area contributed by atoms with Crippen molar-refractivity contribution >= 4 is 11.8 Å². The summed E-state index contributed by atoms with van der Waals surface area (Å²) in [6.07, 6.45) is 5.50. The number of hydrogen-bond donors (Lipinski definition) is 2. The van der Waals surface area contributed by atoms with Gasteiger partial charge < -0.3 is 4.74 Å². The zero-order chi connectivity index (χ0) is 12.5. The largest absolute Gasteiger partial charge is 0.381 e. The first-order valence-electron chi connectivity index (χ1n) is 6.37. The highest BCUT2D eigenvalue weighted by atomic mass is 16.5. The molecule has 1 saturated carbocycles. The number of amides is 2. The van der Waals surface area contributed by atoms with Gasteiger partial charge in [-0.3, -0.25) is 20.4 Å². The van der Waals surface area contributed by atoms with Crippen LogP contribution in [0.3, 0.4) is 0 Å². The van der Waals surface area contributed by atoms with Crippen LogP contribution in [-0.4, -0.2) is 25.0 Å². The first kappa shape index (κ1) is 14.0. The van der Waals surface area contributed by atoms with E-state index in [1.807, 2.05) is 6.92 Å². The third-order valence-electron chi connectivity index (χ3n) is 2.97. The molecule has 0 aromatic carbocycles. The van der Waals surface area contributed by atoms with Gasteiger partial charge in [0.15, 0.2) is 0 Å². The first-order chi connectivity index (χ1) is 8.22. The van der Waals surface area contributed by atoms with E-state index < -0.39 is 0 Å². The normalized spacial score (nSPS) is 15.8. The molecule has 0 saturated heterocycles. The predicted octanol–water partition coefficient (Wildman–Crippen LogP) is 1.14. The summed E-state index contributed by atoms with van der Waals surface area (Å²) in [5, 5.41) is 0. The maximum absolute atomic E-state index is 11.5. The number of nitrogens with one attached hydrogen (secondary N) is 2. The molecular formula is C12H22N2O3. The van der Waals surface area contributed by atoms with Gasteiger partial charge in [0.2, 0.25) is 11.8 Å². The van der Waals surface area contributed by atoms with Crippen molar-refractivity contribution in [2.24, 2.45) is 5.92 Å². The van der Waals surface area contributed by atoms with Gasteiger partial charge in [0.25, 0.3) is 0 Å². The summed E-state index contributed by atoms with van der Waals surface area (Å²) in [6, 6.07) is 0. The van der Waals surface area contributed by atoms with Gasteiger partial charge in [-0.25, -0.2) is 0 Å². The molecule has 98 valence electrons. The van der Waals surface area contributed by atoms with Crippen LogP contribution >= 0.6 is 0 Å². The lowest BCUT2D eigenvalue weighted by molar-refractivity contribution is -0.130. The molecule has 0 aromatic rings. The van der Waals surface area contributed by atoms with E-state index >= 15 is 0 Å². The standard InChI is InChI=1S/C12H22N2O3/c1-2-17-8-7-11(15)13-14-12(16)9-10-5-3-4-6-10/h10H,2-9H2,1H3,(H,13,15)(H,14,16). The summed E-state index contributed by atoms with van der Waals surface area (Å²) in [7, 11) is 0. The fourth-order valence-corrected chi connectivity index (χ4v) is 2.04. The van der Waals surface area contributed by atoms with Crippen molar-refractivity contribution in [2.75, 3.05) is 13.2 Å². The van der Waals surface area contributed by atoms with Crippen molar-refractivity contribution in [3.63, 3.8) is 0 Å². The maximum Gasteiger partial charge on any atom is 0.240 e. The Hall–Kier alpha value is -1.10. The van der Waals surface area contributed by atoms with Crippen molar-refractivity contribution in [3.05, 3.63) is 0 Å². The molecule has 2 amide bonds. The van der Waals surface area contributed by atoms with Crippen LogP contribution in [0.15, 0.2) is 0 Å². The minimum Gasteiger partial charge on any atom is -0.381 e. The van der Waals surface area contributed by atoms with Crippen LogP contribution in [0.4, 0.5) is 0 Å². The average Bonchev–Trinajstić information content (AvgIpc) is 2.79. The molecule has 0 spiro atoms. The van der Waals surface area contributed by atoms with Crippen LogP contribution < -0.4 is 10.9 Å². The number of carbonyl (C=O) groups is 2. The second-order valence-electron chi connectivity index (χ2n) is 4.40. The smallest absolute Gasteiger partial charge is 0.240 e. The molecule has 1 fully saturated rings. The number of carbonyl (C=O) groups excluding carboxylic acids is 2. The summed E-state index contributed by atoms with van der Waals surface area (Å²) in [5.41, 5.74) is 4.84. The molecule has 1 aliphatic rings. The number of ether oxygens (including phenoxy) is 1. The van der Waals surface area contributed by atoms with Crippen molar-refractivity contribution < 1.29 is 14.3 Å². The quantitative estimate of drug-likeness (QED) is 0.542. The maximum atomic E-state index is 11.5. The van der Waals surface area contributed by atoms with Gasteiger partial charge in [0.1, 0.15) is 0 Å². The summed E-state index contributed by atoms with van der Waals surface area (Å²) in [5.74, 6) is 0.190. The lowest BCUT2D eigenvalue weighted by atomic mass is 10.0.